The van der Waals surface area contributed by atoms with Crippen molar-refractivity contribution in [2.45, 2.75) is 121 Å². The van der Waals surface area contributed by atoms with Crippen molar-refractivity contribution in [2.24, 2.45) is 17.8 Å². The van der Waals surface area contributed by atoms with Gasteiger partial charge in [-0.15, -0.1) is 0 Å². The van der Waals surface area contributed by atoms with E-state index in [0.717, 1.165) is 108 Å². The number of halogens is 2. The van der Waals surface area contributed by atoms with Crippen LogP contribution in [0, 0.1) is 30.5 Å². The normalized spacial score (nSPS) is 14.3. The van der Waals surface area contributed by atoms with Crippen LogP contribution in [0.1, 0.15) is 133 Å². The number of rotatable bonds is 30. The maximum absolute atomic E-state index is 13.7. The van der Waals surface area contributed by atoms with Gasteiger partial charge in [-0.1, -0.05) is 105 Å². The minimum absolute atomic E-state index is 0.00845. The van der Waals surface area contributed by atoms with E-state index in [-0.39, 0.29) is 34.8 Å². The lowest BCUT2D eigenvalue weighted by Crippen LogP contribution is -2.52. The molecule has 618 valence electrons. The van der Waals surface area contributed by atoms with Gasteiger partial charge in [0.05, 0.1) is 93.5 Å². The van der Waals surface area contributed by atoms with Crippen LogP contribution in [0.25, 0.3) is 50.8 Å². The van der Waals surface area contributed by atoms with Crippen molar-refractivity contribution in [3.8, 4) is 85.3 Å². The summed E-state index contributed by atoms with van der Waals surface area (Å²) in [5.41, 5.74) is 6.40. The molecule has 0 bridgehead atoms. The summed E-state index contributed by atoms with van der Waals surface area (Å²) in [6, 6.07) is 38.4. The van der Waals surface area contributed by atoms with Gasteiger partial charge in [-0.2, -0.15) is 15.3 Å². The highest BCUT2D eigenvalue weighted by molar-refractivity contribution is 6.30. The number of carboxylic acid groups (broad SMARTS) is 3. The van der Waals surface area contributed by atoms with Crippen LogP contribution in [0.2, 0.25) is 5.02 Å². The molecule has 6 aromatic carbocycles. The maximum atomic E-state index is 13.7. The van der Waals surface area contributed by atoms with E-state index in [1.54, 1.807) is 129 Å². The molecule has 9 N–H and O–H groups in total. The lowest BCUT2D eigenvalue weighted by molar-refractivity contribution is -0.138. The van der Waals surface area contributed by atoms with Crippen molar-refractivity contribution >= 4 is 65.0 Å². The number of ether oxygens (including phenoxy) is 6. The van der Waals surface area contributed by atoms with Gasteiger partial charge in [0.25, 0.3) is 17.7 Å². The number of aromatic nitrogens is 6. The Labute approximate surface area is 680 Å². The van der Waals surface area contributed by atoms with E-state index in [1.165, 1.54) is 43.2 Å². The molecule has 3 aliphatic carbocycles. The van der Waals surface area contributed by atoms with Gasteiger partial charge in [0.15, 0.2) is 17.1 Å². The number of hydrogen-bond acceptors (Lipinski definition) is 18. The highest BCUT2D eigenvalue weighted by Crippen LogP contribution is 2.44. The molecule has 3 atom stereocenters. The fourth-order valence-electron chi connectivity index (χ4n) is 14.8. The first-order chi connectivity index (χ1) is 56.4. The number of amides is 6. The van der Waals surface area contributed by atoms with Crippen molar-refractivity contribution in [3.05, 3.63) is 179 Å². The Kier molecular flexibility index (Phi) is 30.7. The fraction of sp³-hybridized carbons (Fsp3) is 0.365. The highest BCUT2D eigenvalue weighted by atomic mass is 35.5. The number of aryl methyl sites for hydroxylation is 1. The second-order valence-electron chi connectivity index (χ2n) is 28.3. The molecule has 12 rings (SSSR count). The Hall–Kier alpha value is -12.8. The average Bonchev–Trinajstić information content (AvgIpc) is 1.66. The zero-order chi connectivity index (χ0) is 83.8. The second-order valence-corrected chi connectivity index (χ2v) is 28.7. The van der Waals surface area contributed by atoms with Crippen LogP contribution >= 0.6 is 11.6 Å². The van der Waals surface area contributed by atoms with Crippen LogP contribution in [0.3, 0.4) is 0 Å². The summed E-state index contributed by atoms with van der Waals surface area (Å²) in [7, 11) is 9.22. The number of aliphatic carboxylic acids is 3. The molecule has 0 unspecified atom stereocenters. The summed E-state index contributed by atoms with van der Waals surface area (Å²) < 4.78 is 52.0. The molecule has 3 heterocycles. The molecule has 3 aromatic heterocycles. The number of carbonyl (C=O) groups is 9. The van der Waals surface area contributed by atoms with Crippen LogP contribution in [0.4, 0.5) is 4.39 Å². The molecule has 3 fully saturated rings. The van der Waals surface area contributed by atoms with Crippen LogP contribution in [-0.2, 0) is 28.8 Å². The monoisotopic (exact) mass is 1630 g/mol. The highest BCUT2D eigenvalue weighted by Gasteiger charge is 2.37. The van der Waals surface area contributed by atoms with Gasteiger partial charge in [-0.05, 0) is 178 Å². The van der Waals surface area contributed by atoms with Gasteiger partial charge in [0.1, 0.15) is 78.1 Å². The Balaban J connectivity index is 0.000000185. The minimum Gasteiger partial charge on any atom is -0.496 e. The van der Waals surface area contributed by atoms with E-state index < -0.39 is 96.9 Å². The standard InChI is InChI=1S/C29H34N4O6.C28H31ClN4O6.C28H31FN4O6/c1-18-12-14-20(15-13-18)33-22(26-23(38-2)10-7-11-24(26)39-3)16-21(32-33)28(36)31-27(19-8-5-4-6-9-19)29(37)30-17-25(34)35;2*1-38-22-9-6-10-23(39-2)25(22)21-15-20(32-33(21)19-13-11-18(29)12-14-19)27(36)31-26(17-7-4-3-5-8-17)28(37)30-16-24(34)35/h7,10-16,19,27H,4-6,8-9,17H2,1-3H3,(H,30,37)(H,31,36)(H,34,35);2*6,9-15,17,26H,3-5,7-8,16H2,1-2H3,(H,30,37)(H,31,36)(H,34,35)/t27-;2*26-/m000/s1. The lowest BCUT2D eigenvalue weighted by Gasteiger charge is -2.29. The molecule has 30 nitrogen and oxygen atoms in total. The van der Waals surface area contributed by atoms with Crippen molar-refractivity contribution in [1.82, 2.24) is 61.2 Å². The van der Waals surface area contributed by atoms with E-state index in [0.29, 0.717) is 84.7 Å². The summed E-state index contributed by atoms with van der Waals surface area (Å²) in [5.74, 6) is -4.46. The van der Waals surface area contributed by atoms with Gasteiger partial charge in [-0.3, -0.25) is 43.2 Å². The number of benzene rings is 6. The van der Waals surface area contributed by atoms with Gasteiger partial charge >= 0.3 is 17.9 Å². The summed E-state index contributed by atoms with van der Waals surface area (Å²) in [5, 5.41) is 57.1. The van der Waals surface area contributed by atoms with Crippen molar-refractivity contribution in [3.63, 3.8) is 0 Å². The number of nitrogens with one attached hydrogen (secondary N) is 6. The predicted molar refractivity (Wildman–Crippen MR) is 431 cm³/mol. The zero-order valence-corrected chi connectivity index (χ0v) is 66.7. The van der Waals surface area contributed by atoms with Crippen LogP contribution in [0.15, 0.2) is 146 Å². The maximum Gasteiger partial charge on any atom is 0.322 e. The Bertz CT molecular complexity index is 4420. The zero-order valence-electron chi connectivity index (χ0n) is 66.0. The summed E-state index contributed by atoms with van der Waals surface area (Å²) in [6.45, 7) is 0.393. The largest absolute Gasteiger partial charge is 0.496 e. The molecule has 9 aromatic rings. The quantitative estimate of drug-likeness (QED) is 0.0202. The smallest absolute Gasteiger partial charge is 0.322 e. The van der Waals surface area contributed by atoms with E-state index in [1.807, 2.05) is 37.3 Å². The predicted octanol–water partition coefficient (Wildman–Crippen LogP) is 11.4. The molecule has 3 saturated carbocycles. The number of carboxylic acids is 3. The van der Waals surface area contributed by atoms with Crippen molar-refractivity contribution in [1.29, 1.82) is 0 Å². The first kappa shape index (κ1) is 86.6. The molecule has 0 spiro atoms. The molecule has 6 amide bonds. The minimum atomic E-state index is -1.18. The average molecular weight is 1630 g/mol. The third-order valence-electron chi connectivity index (χ3n) is 20.6. The van der Waals surface area contributed by atoms with Gasteiger partial charge < -0.3 is 75.6 Å². The number of hydrogen-bond donors (Lipinski definition) is 9. The first-order valence-electron chi connectivity index (χ1n) is 38.4. The fourth-order valence-corrected chi connectivity index (χ4v) is 14.9. The SMILES string of the molecule is COc1cccc(OC)c1-c1cc(C(=O)N[C@H](C(=O)NCC(=O)O)C2CCCCC2)nn1-c1ccc(C)cc1.COc1cccc(OC)c1-c1cc(C(=O)N[C@H](C(=O)NCC(=O)O)C2CCCCC2)nn1-c1ccc(Cl)cc1.COc1cccc(OC)c1-c1cc(C(=O)N[C@H](C(=O)NCC(=O)O)C2CCCCC2)nn1-c1ccc(F)cc1. The summed E-state index contributed by atoms with van der Waals surface area (Å²) in [6.07, 6.45) is 13.3. The summed E-state index contributed by atoms with van der Waals surface area (Å²) in [4.78, 5) is 113. The lowest BCUT2D eigenvalue weighted by atomic mass is 9.83. The molecule has 0 saturated heterocycles. The van der Waals surface area contributed by atoms with Crippen molar-refractivity contribution < 1.29 is 91.3 Å². The Morgan fingerprint density at radius 2 is 0.641 bits per heavy atom. The second kappa shape index (κ2) is 41.5. The molecule has 117 heavy (non-hydrogen) atoms. The number of methoxy groups -OCH3 is 6. The third-order valence-corrected chi connectivity index (χ3v) is 20.9. The van der Waals surface area contributed by atoms with Crippen LogP contribution in [-0.4, -0.2) is 178 Å². The van der Waals surface area contributed by atoms with E-state index in [4.69, 9.17) is 55.3 Å². The van der Waals surface area contributed by atoms with Crippen LogP contribution < -0.4 is 60.3 Å². The molecule has 0 radical (unpaired) electrons. The Morgan fingerprint density at radius 1 is 0.393 bits per heavy atom. The molecule has 0 aliphatic heterocycles. The van der Waals surface area contributed by atoms with Crippen LogP contribution in [0.5, 0.6) is 34.5 Å². The van der Waals surface area contributed by atoms with Gasteiger partial charge in [-0.25, -0.2) is 18.4 Å². The first-order valence-corrected chi connectivity index (χ1v) is 38.8. The number of nitrogens with zero attached hydrogens (tertiary/aromatic N) is 6. The van der Waals surface area contributed by atoms with Gasteiger partial charge in [0, 0.05) is 5.02 Å². The van der Waals surface area contributed by atoms with E-state index >= 15 is 0 Å². The third kappa shape index (κ3) is 22.2. The molecular weight excluding hydrogens is 1530 g/mol. The Morgan fingerprint density at radius 3 is 0.889 bits per heavy atom. The van der Waals surface area contributed by atoms with Gasteiger partial charge in [0.2, 0.25) is 17.7 Å². The van der Waals surface area contributed by atoms with Crippen molar-refractivity contribution in [2.75, 3.05) is 62.3 Å². The molecule has 3 aliphatic rings. The van der Waals surface area contributed by atoms with E-state index in [2.05, 4.69) is 47.2 Å². The summed E-state index contributed by atoms with van der Waals surface area (Å²) >= 11 is 6.10. The molecule has 32 heteroatoms. The van der Waals surface area contributed by atoms with E-state index in [9.17, 15) is 47.5 Å². The number of carbonyl (C=O) groups excluding carboxylic acids is 6. The molecular formula is C85H96ClFN12O18. The topological polar surface area (TPSA) is 395 Å².